The summed E-state index contributed by atoms with van der Waals surface area (Å²) in [6, 6.07) is 8.17. The summed E-state index contributed by atoms with van der Waals surface area (Å²) in [7, 11) is 0. The highest BCUT2D eigenvalue weighted by atomic mass is 16.5. The van der Waals surface area contributed by atoms with Crippen molar-refractivity contribution in [1.82, 2.24) is 0 Å². The summed E-state index contributed by atoms with van der Waals surface area (Å²) in [5.74, 6) is 0.678. The summed E-state index contributed by atoms with van der Waals surface area (Å²) in [5.41, 5.74) is 2.36. The molecule has 82 valence electrons. The predicted molar refractivity (Wildman–Crippen MR) is 59.9 cm³/mol. The van der Waals surface area contributed by atoms with Crippen LogP contribution in [-0.2, 0) is 4.74 Å². The van der Waals surface area contributed by atoms with Crippen molar-refractivity contribution in [3.8, 4) is 0 Å². The Morgan fingerprint density at radius 1 is 1.40 bits per heavy atom. The van der Waals surface area contributed by atoms with Gasteiger partial charge in [-0.2, -0.15) is 0 Å². The Bertz CT molecular complexity index is 318. The average Bonchev–Trinajstić information content (AvgIpc) is 3.09. The Hall–Kier alpha value is -0.860. The Labute approximate surface area is 90.9 Å². The Morgan fingerprint density at radius 3 is 2.80 bits per heavy atom. The van der Waals surface area contributed by atoms with E-state index in [4.69, 9.17) is 4.74 Å². The number of hydrogen-bond acceptors (Lipinski definition) is 2. The average molecular weight is 206 g/mol. The Morgan fingerprint density at radius 2 is 2.13 bits per heavy atom. The van der Waals surface area contributed by atoms with E-state index >= 15 is 0 Å². The molecule has 0 spiro atoms. The summed E-state index contributed by atoms with van der Waals surface area (Å²) in [5, 5.41) is 9.98. The lowest BCUT2D eigenvalue weighted by molar-refractivity contribution is 0.0415. The van der Waals surface area contributed by atoms with Gasteiger partial charge in [0.25, 0.3) is 0 Å². The summed E-state index contributed by atoms with van der Waals surface area (Å²) in [4.78, 5) is 0. The lowest BCUT2D eigenvalue weighted by Crippen LogP contribution is -2.09. The van der Waals surface area contributed by atoms with E-state index in [2.05, 4.69) is 6.07 Å². The first kappa shape index (κ1) is 10.7. The van der Waals surface area contributed by atoms with Gasteiger partial charge < -0.3 is 9.84 Å². The van der Waals surface area contributed by atoms with Gasteiger partial charge in [0.15, 0.2) is 0 Å². The van der Waals surface area contributed by atoms with E-state index < -0.39 is 6.10 Å². The molecule has 0 aromatic heterocycles. The molecule has 0 bridgehead atoms. The van der Waals surface area contributed by atoms with Crippen LogP contribution in [0.25, 0.3) is 0 Å². The van der Waals surface area contributed by atoms with E-state index in [9.17, 15) is 5.11 Å². The molecule has 1 aliphatic carbocycles. The van der Waals surface area contributed by atoms with Crippen LogP contribution in [0.4, 0.5) is 0 Å². The smallest absolute Gasteiger partial charge is 0.103 e. The molecule has 15 heavy (non-hydrogen) atoms. The van der Waals surface area contributed by atoms with Gasteiger partial charge in [-0.3, -0.25) is 0 Å². The van der Waals surface area contributed by atoms with Crippen molar-refractivity contribution in [2.75, 3.05) is 13.2 Å². The minimum absolute atomic E-state index is 0.403. The van der Waals surface area contributed by atoms with Gasteiger partial charge >= 0.3 is 0 Å². The molecule has 0 heterocycles. The molecule has 1 aliphatic rings. The number of hydrogen-bond donors (Lipinski definition) is 1. The molecule has 1 N–H and O–H groups in total. The van der Waals surface area contributed by atoms with Gasteiger partial charge in [0.1, 0.15) is 6.10 Å². The van der Waals surface area contributed by atoms with Crippen LogP contribution in [0.2, 0.25) is 0 Å². The molecule has 2 rings (SSSR count). The molecule has 2 heteroatoms. The largest absolute Gasteiger partial charge is 0.386 e. The van der Waals surface area contributed by atoms with Crippen molar-refractivity contribution in [3.05, 3.63) is 35.4 Å². The monoisotopic (exact) mass is 206 g/mol. The molecule has 2 nitrogen and oxygen atoms in total. The van der Waals surface area contributed by atoms with Crippen molar-refractivity contribution in [2.24, 2.45) is 0 Å². The maximum Gasteiger partial charge on any atom is 0.103 e. The minimum Gasteiger partial charge on any atom is -0.386 e. The number of ether oxygens (including phenoxy) is 1. The second kappa shape index (κ2) is 4.77. The minimum atomic E-state index is -0.471. The van der Waals surface area contributed by atoms with Gasteiger partial charge in [0.05, 0.1) is 6.61 Å². The molecule has 0 saturated heterocycles. The topological polar surface area (TPSA) is 29.5 Å². The first-order valence-corrected chi connectivity index (χ1v) is 5.67. The van der Waals surface area contributed by atoms with Crippen LogP contribution in [0.15, 0.2) is 24.3 Å². The maximum atomic E-state index is 9.98. The zero-order valence-electron chi connectivity index (χ0n) is 9.15. The number of aliphatic hydroxyl groups excluding tert-OH is 1. The van der Waals surface area contributed by atoms with Crippen molar-refractivity contribution in [3.63, 3.8) is 0 Å². The highest BCUT2D eigenvalue weighted by molar-refractivity contribution is 5.34. The Kier molecular flexibility index (Phi) is 3.39. The van der Waals surface area contributed by atoms with E-state index in [0.717, 1.165) is 5.56 Å². The second-order valence-electron chi connectivity index (χ2n) is 4.08. The summed E-state index contributed by atoms with van der Waals surface area (Å²) in [6.07, 6.45) is 2.05. The fourth-order valence-electron chi connectivity index (χ4n) is 1.90. The highest BCUT2D eigenvalue weighted by Gasteiger charge is 2.27. The third-order valence-electron chi connectivity index (χ3n) is 2.85. The fourth-order valence-corrected chi connectivity index (χ4v) is 1.90. The maximum absolute atomic E-state index is 9.98. The van der Waals surface area contributed by atoms with Crippen molar-refractivity contribution < 1.29 is 9.84 Å². The van der Waals surface area contributed by atoms with Crippen LogP contribution < -0.4 is 0 Å². The molecule has 1 aromatic carbocycles. The zero-order valence-corrected chi connectivity index (χ0v) is 9.15. The molecule has 1 aromatic rings. The van der Waals surface area contributed by atoms with E-state index in [1.165, 1.54) is 18.4 Å². The third-order valence-corrected chi connectivity index (χ3v) is 2.85. The van der Waals surface area contributed by atoms with Crippen LogP contribution in [0.3, 0.4) is 0 Å². The Balaban J connectivity index is 2.11. The van der Waals surface area contributed by atoms with E-state index in [-0.39, 0.29) is 0 Å². The van der Waals surface area contributed by atoms with Crippen LogP contribution in [0.5, 0.6) is 0 Å². The predicted octanol–water partition coefficient (Wildman–Crippen LogP) is 2.63. The number of benzene rings is 1. The lowest BCUT2D eigenvalue weighted by atomic mass is 9.99. The first-order valence-electron chi connectivity index (χ1n) is 5.67. The normalized spacial score (nSPS) is 17.7. The van der Waals surface area contributed by atoms with Crippen molar-refractivity contribution in [1.29, 1.82) is 0 Å². The molecule has 1 fully saturated rings. The number of rotatable bonds is 5. The summed E-state index contributed by atoms with van der Waals surface area (Å²) >= 11 is 0. The van der Waals surface area contributed by atoms with Crippen molar-refractivity contribution in [2.45, 2.75) is 31.8 Å². The quantitative estimate of drug-likeness (QED) is 0.802. The standard InChI is InChI=1S/C13H18O2/c1-2-15-9-13(14)12-6-4-3-5-11(12)10-7-8-10/h3-6,10,13-14H,2,7-9H2,1H3. The molecule has 1 atom stereocenters. The second-order valence-corrected chi connectivity index (χ2v) is 4.08. The van der Waals surface area contributed by atoms with Crippen LogP contribution in [0, 0.1) is 0 Å². The fraction of sp³-hybridized carbons (Fsp3) is 0.538. The highest BCUT2D eigenvalue weighted by Crippen LogP contribution is 2.42. The molecule has 1 saturated carbocycles. The molecular weight excluding hydrogens is 188 g/mol. The molecule has 0 aliphatic heterocycles. The number of aliphatic hydroxyl groups is 1. The van der Waals surface area contributed by atoms with Crippen LogP contribution in [-0.4, -0.2) is 18.3 Å². The van der Waals surface area contributed by atoms with Crippen molar-refractivity contribution >= 4 is 0 Å². The summed E-state index contributed by atoms with van der Waals surface area (Å²) in [6.45, 7) is 3.00. The van der Waals surface area contributed by atoms with E-state index in [1.54, 1.807) is 0 Å². The molecule has 0 radical (unpaired) electrons. The van der Waals surface area contributed by atoms with Crippen LogP contribution in [0.1, 0.15) is 42.9 Å². The van der Waals surface area contributed by atoms with Gasteiger partial charge in [-0.05, 0) is 36.8 Å². The molecule has 0 amide bonds. The lowest BCUT2D eigenvalue weighted by Gasteiger charge is -2.15. The third kappa shape index (κ3) is 2.58. The first-order chi connectivity index (χ1) is 7.33. The van der Waals surface area contributed by atoms with Gasteiger partial charge in [-0.25, -0.2) is 0 Å². The van der Waals surface area contributed by atoms with Gasteiger partial charge in [-0.1, -0.05) is 24.3 Å². The van der Waals surface area contributed by atoms with Gasteiger partial charge in [0.2, 0.25) is 0 Å². The molecular formula is C13H18O2. The van der Waals surface area contributed by atoms with Gasteiger partial charge in [-0.15, -0.1) is 0 Å². The van der Waals surface area contributed by atoms with E-state index in [1.807, 2.05) is 25.1 Å². The van der Waals surface area contributed by atoms with Gasteiger partial charge in [0, 0.05) is 6.61 Å². The molecule has 1 unspecified atom stereocenters. The SMILES string of the molecule is CCOCC(O)c1ccccc1C1CC1. The van der Waals surface area contributed by atoms with Crippen LogP contribution >= 0.6 is 0 Å². The zero-order chi connectivity index (χ0) is 10.7. The van der Waals surface area contributed by atoms with E-state index in [0.29, 0.717) is 19.1 Å². The summed E-state index contributed by atoms with van der Waals surface area (Å²) < 4.78 is 5.25.